The number of nitrogens with two attached hydrogens (primary N) is 1. The zero-order chi connectivity index (χ0) is 12.4. The number of carbonyl (C=O) groups is 1. The van der Waals surface area contributed by atoms with Gasteiger partial charge in [0.1, 0.15) is 0 Å². The summed E-state index contributed by atoms with van der Waals surface area (Å²) in [5, 5.41) is 7.59. The molecule has 0 saturated heterocycles. The van der Waals surface area contributed by atoms with Crippen molar-refractivity contribution in [1.82, 2.24) is 14.9 Å². The molecule has 0 unspecified atom stereocenters. The maximum Gasteiger partial charge on any atom is 0.269 e. The van der Waals surface area contributed by atoms with Crippen LogP contribution in [0.4, 0.5) is 5.82 Å². The lowest BCUT2D eigenvalue weighted by Crippen LogP contribution is -2.16. The van der Waals surface area contributed by atoms with Gasteiger partial charge in [-0.05, 0) is 38.1 Å². The van der Waals surface area contributed by atoms with Crippen molar-refractivity contribution in [3.8, 4) is 0 Å². The van der Waals surface area contributed by atoms with E-state index < -0.39 is 5.91 Å². The van der Waals surface area contributed by atoms with Crippen molar-refractivity contribution < 1.29 is 4.79 Å². The third-order valence-corrected chi connectivity index (χ3v) is 2.41. The Morgan fingerprint density at radius 2 is 1.82 bits per heavy atom. The summed E-state index contributed by atoms with van der Waals surface area (Å²) in [6, 6.07) is 7.18. The topological polar surface area (TPSA) is 85.8 Å². The van der Waals surface area contributed by atoms with Gasteiger partial charge in [0.25, 0.3) is 5.91 Å². The Hall–Kier alpha value is -2.37. The highest BCUT2D eigenvalue weighted by molar-refractivity contribution is 5.90. The molecule has 3 N–H and O–H groups in total. The summed E-state index contributed by atoms with van der Waals surface area (Å²) >= 11 is 0. The number of nitrogens with zero attached hydrogens (tertiary/aromatic N) is 3. The molecule has 0 aliphatic carbocycles. The summed E-state index contributed by atoms with van der Waals surface area (Å²) in [7, 11) is 0. The fourth-order valence-electron chi connectivity index (χ4n) is 1.48. The van der Waals surface area contributed by atoms with Crippen LogP contribution in [-0.2, 0) is 0 Å². The van der Waals surface area contributed by atoms with Crippen molar-refractivity contribution >= 4 is 11.7 Å². The van der Waals surface area contributed by atoms with E-state index in [1.54, 1.807) is 6.07 Å². The van der Waals surface area contributed by atoms with Gasteiger partial charge in [-0.2, -0.15) is 0 Å². The molecule has 1 amide bonds. The zero-order valence-electron chi connectivity index (χ0n) is 9.64. The maximum absolute atomic E-state index is 10.8. The predicted molar refractivity (Wildman–Crippen MR) is 63.5 cm³/mol. The van der Waals surface area contributed by atoms with Gasteiger partial charge in [0.15, 0.2) is 11.5 Å². The molecule has 2 aromatic heterocycles. The van der Waals surface area contributed by atoms with Gasteiger partial charge in [0, 0.05) is 11.4 Å². The number of amides is 1. The number of aryl methyl sites for hydroxylation is 2. The smallest absolute Gasteiger partial charge is 0.269 e. The van der Waals surface area contributed by atoms with Gasteiger partial charge in [0.2, 0.25) is 0 Å². The molecular weight excluding hydrogens is 218 g/mol. The molecule has 0 saturated carbocycles. The third kappa shape index (κ3) is 2.25. The Morgan fingerprint density at radius 3 is 2.29 bits per heavy atom. The lowest BCUT2D eigenvalue weighted by molar-refractivity contribution is 0.0994. The summed E-state index contributed by atoms with van der Waals surface area (Å²) in [6.07, 6.45) is 0. The number of carbonyl (C=O) groups excluding carboxylic acids is 1. The van der Waals surface area contributed by atoms with E-state index in [0.717, 1.165) is 11.4 Å². The van der Waals surface area contributed by atoms with E-state index >= 15 is 0 Å². The molecule has 17 heavy (non-hydrogen) atoms. The first-order chi connectivity index (χ1) is 8.08. The summed E-state index contributed by atoms with van der Waals surface area (Å²) in [6.45, 7) is 3.95. The van der Waals surface area contributed by atoms with Crippen molar-refractivity contribution in [1.29, 1.82) is 0 Å². The van der Waals surface area contributed by atoms with E-state index in [2.05, 4.69) is 15.6 Å². The number of rotatable bonds is 3. The van der Waals surface area contributed by atoms with Crippen molar-refractivity contribution in [2.75, 3.05) is 5.43 Å². The highest BCUT2D eigenvalue weighted by atomic mass is 16.1. The number of primary amides is 1. The van der Waals surface area contributed by atoms with Crippen molar-refractivity contribution in [2.24, 2.45) is 5.73 Å². The molecule has 0 atom stereocenters. The van der Waals surface area contributed by atoms with Crippen LogP contribution in [0.1, 0.15) is 21.9 Å². The van der Waals surface area contributed by atoms with Crippen LogP contribution in [0.25, 0.3) is 0 Å². The second-order valence-corrected chi connectivity index (χ2v) is 3.73. The number of anilines is 1. The molecule has 0 aromatic carbocycles. The Morgan fingerprint density at radius 1 is 1.18 bits per heavy atom. The molecule has 2 heterocycles. The van der Waals surface area contributed by atoms with Crippen LogP contribution in [0, 0.1) is 13.8 Å². The first kappa shape index (κ1) is 11.1. The molecule has 0 spiro atoms. The Balaban J connectivity index is 2.22. The van der Waals surface area contributed by atoms with Crippen LogP contribution in [0.5, 0.6) is 0 Å². The van der Waals surface area contributed by atoms with Gasteiger partial charge >= 0.3 is 0 Å². The molecule has 6 heteroatoms. The fraction of sp³-hybridized carbons (Fsp3) is 0.182. The third-order valence-electron chi connectivity index (χ3n) is 2.41. The average Bonchev–Trinajstić information content (AvgIpc) is 2.61. The molecule has 0 aliphatic rings. The number of nitrogens with one attached hydrogen (secondary N) is 1. The second-order valence-electron chi connectivity index (χ2n) is 3.73. The van der Waals surface area contributed by atoms with Gasteiger partial charge in [-0.3, -0.25) is 14.9 Å². The molecule has 0 radical (unpaired) electrons. The van der Waals surface area contributed by atoms with Crippen LogP contribution in [0.3, 0.4) is 0 Å². The summed E-state index contributed by atoms with van der Waals surface area (Å²) < 4.78 is 1.88. The standard InChI is InChI=1S/C11H13N5O/c1-7-3-4-8(2)16(7)15-10-6-5-9(11(12)17)13-14-10/h3-6H,1-2H3,(H2,12,17)(H,14,15). The van der Waals surface area contributed by atoms with Crippen LogP contribution < -0.4 is 11.2 Å². The molecule has 2 rings (SSSR count). The van der Waals surface area contributed by atoms with Crippen molar-refractivity contribution in [3.63, 3.8) is 0 Å². The molecule has 0 fully saturated rings. The van der Waals surface area contributed by atoms with E-state index in [1.807, 2.05) is 30.7 Å². The van der Waals surface area contributed by atoms with E-state index in [-0.39, 0.29) is 5.69 Å². The van der Waals surface area contributed by atoms with Gasteiger partial charge in [-0.1, -0.05) is 0 Å². The minimum Gasteiger partial charge on any atom is -0.364 e. The number of hydrogen-bond acceptors (Lipinski definition) is 4. The van der Waals surface area contributed by atoms with Crippen molar-refractivity contribution in [2.45, 2.75) is 13.8 Å². The SMILES string of the molecule is Cc1ccc(C)n1Nc1ccc(C(N)=O)nn1. The van der Waals surface area contributed by atoms with Crippen LogP contribution in [-0.4, -0.2) is 20.8 Å². The predicted octanol–water partition coefficient (Wildman–Crippen LogP) is 0.869. The highest BCUT2D eigenvalue weighted by Crippen LogP contribution is 2.09. The minimum atomic E-state index is -0.586. The minimum absolute atomic E-state index is 0.150. The quantitative estimate of drug-likeness (QED) is 0.820. The normalized spacial score (nSPS) is 10.2. The Kier molecular flexibility index (Phi) is 2.78. The van der Waals surface area contributed by atoms with Crippen LogP contribution in [0.2, 0.25) is 0 Å². The van der Waals surface area contributed by atoms with Crippen LogP contribution >= 0.6 is 0 Å². The number of hydrogen-bond donors (Lipinski definition) is 2. The maximum atomic E-state index is 10.8. The molecule has 6 nitrogen and oxygen atoms in total. The van der Waals surface area contributed by atoms with E-state index in [4.69, 9.17) is 5.73 Å². The molecular formula is C11H13N5O. The molecule has 2 aromatic rings. The average molecular weight is 231 g/mol. The highest BCUT2D eigenvalue weighted by Gasteiger charge is 2.05. The van der Waals surface area contributed by atoms with Crippen LogP contribution in [0.15, 0.2) is 24.3 Å². The lowest BCUT2D eigenvalue weighted by atomic mass is 10.4. The molecule has 88 valence electrons. The fourth-order valence-corrected chi connectivity index (χ4v) is 1.48. The lowest BCUT2D eigenvalue weighted by Gasteiger charge is -2.10. The van der Waals surface area contributed by atoms with Gasteiger partial charge in [-0.25, -0.2) is 0 Å². The summed E-state index contributed by atoms with van der Waals surface area (Å²) in [4.78, 5) is 10.8. The molecule has 0 bridgehead atoms. The number of aromatic nitrogens is 3. The van der Waals surface area contributed by atoms with E-state index in [1.165, 1.54) is 6.07 Å². The van der Waals surface area contributed by atoms with Crippen molar-refractivity contribution in [3.05, 3.63) is 41.3 Å². The Labute approximate surface area is 98.4 Å². The molecule has 0 aliphatic heterocycles. The van der Waals surface area contributed by atoms with Gasteiger partial charge in [-0.15, -0.1) is 10.2 Å². The van der Waals surface area contributed by atoms with Gasteiger partial charge in [0.05, 0.1) is 0 Å². The Bertz CT molecular complexity index is 524. The first-order valence-electron chi connectivity index (χ1n) is 5.13. The van der Waals surface area contributed by atoms with E-state index in [0.29, 0.717) is 5.82 Å². The first-order valence-corrected chi connectivity index (χ1v) is 5.13. The second kappa shape index (κ2) is 4.25. The van der Waals surface area contributed by atoms with E-state index in [9.17, 15) is 4.79 Å². The summed E-state index contributed by atoms with van der Waals surface area (Å²) in [5.41, 5.74) is 10.4. The summed E-state index contributed by atoms with van der Waals surface area (Å²) in [5.74, 6) is -0.0326. The zero-order valence-corrected chi connectivity index (χ0v) is 9.64. The van der Waals surface area contributed by atoms with Gasteiger partial charge < -0.3 is 5.73 Å². The largest absolute Gasteiger partial charge is 0.364 e. The monoisotopic (exact) mass is 231 g/mol.